The van der Waals surface area contributed by atoms with Gasteiger partial charge in [-0.3, -0.25) is 42.9 Å². The van der Waals surface area contributed by atoms with E-state index in [1.54, 1.807) is 0 Å². The van der Waals surface area contributed by atoms with Crippen molar-refractivity contribution in [3.63, 3.8) is 0 Å². The molecule has 0 aliphatic carbocycles. The van der Waals surface area contributed by atoms with Crippen LogP contribution in [-0.4, -0.2) is 129 Å². The van der Waals surface area contributed by atoms with E-state index in [2.05, 4.69) is 48.6 Å². The van der Waals surface area contributed by atoms with Crippen LogP contribution >= 0.6 is 7.82 Å². The van der Waals surface area contributed by atoms with Crippen LogP contribution in [0.3, 0.4) is 0 Å². The lowest BCUT2D eigenvalue weighted by molar-refractivity contribution is -0.139. The summed E-state index contributed by atoms with van der Waals surface area (Å²) in [7, 11) is -5.26. The Morgan fingerprint density at radius 1 is 0.879 bits per heavy atom. The summed E-state index contributed by atoms with van der Waals surface area (Å²) < 4.78 is 16.4. The average Bonchev–Trinajstić information content (AvgIpc) is 3.75. The van der Waals surface area contributed by atoms with Gasteiger partial charge in [0.1, 0.15) is 36.3 Å². The Balaban J connectivity index is 1.94. The van der Waals surface area contributed by atoms with Crippen LogP contribution in [0, 0.1) is 11.8 Å². The number of nitrogens with one attached hydrogen (secondary N) is 6. The highest BCUT2D eigenvalue weighted by Gasteiger charge is 2.39. The van der Waals surface area contributed by atoms with Crippen molar-refractivity contribution in [2.75, 3.05) is 19.7 Å². The number of likely N-dealkylation sites (tertiary alicyclic amines) is 1. The molecule has 3 rings (SSSR count). The highest BCUT2D eigenvalue weighted by Crippen LogP contribution is 2.38. The van der Waals surface area contributed by atoms with E-state index in [0.717, 1.165) is 45.4 Å². The molecule has 2 aliphatic heterocycles. The molecule has 11 N–H and O–H groups in total. The van der Waals surface area contributed by atoms with Gasteiger partial charge in [-0.1, -0.05) is 76.3 Å². The largest absolute Gasteiger partial charge is 0.469 e. The van der Waals surface area contributed by atoms with Gasteiger partial charge in [0.2, 0.25) is 47.3 Å². The topological polar surface area (TPSA) is 325 Å². The second-order valence-electron chi connectivity index (χ2n) is 17.6. The molecular formula is C44H71N8O13P. The summed E-state index contributed by atoms with van der Waals surface area (Å²) in [6, 6.07) is 1.54. The van der Waals surface area contributed by atoms with Gasteiger partial charge < -0.3 is 57.4 Å². The van der Waals surface area contributed by atoms with Crippen molar-refractivity contribution >= 4 is 55.1 Å². The Labute approximate surface area is 386 Å². The van der Waals surface area contributed by atoms with Crippen molar-refractivity contribution in [1.82, 2.24) is 36.8 Å². The summed E-state index contributed by atoms with van der Waals surface area (Å²) in [5.74, 6) is -7.50. The molecule has 21 nitrogen and oxygen atoms in total. The zero-order chi connectivity index (χ0) is 49.0. The van der Waals surface area contributed by atoms with Crippen LogP contribution in [0.25, 0.3) is 0 Å². The van der Waals surface area contributed by atoms with Gasteiger partial charge in [0.15, 0.2) is 0 Å². The molecule has 0 bridgehead atoms. The standard InChI is InChI=1S/C44H71N8O13P/c1-27(2)24-33(49-43(60)36-21-15-23-52(36)29(4)54)40(57)48-34-25-31(19-13-8-6-5-7-10-16-30-17-11-9-12-18-30)39(56)46-22-14-20-32(38(45)55)47-44(61)37(28(3)65-66(62,63)64)51-42(59)35(26-53)50-41(34)58/h9,11-12,17-18,27-28,31-37,53H,5-8,10,13-16,19-26H2,1-4H3,(H2,45,55)(H,46,56)(H,47,61)(H,48,57)(H,49,60)(H,50,58)(H,51,59)(H2,62,63,64)/t28-,31+,32+,33+,34+,35+,36+,37+/m1/s1. The number of primary amides is 1. The maximum absolute atomic E-state index is 14.3. The summed E-state index contributed by atoms with van der Waals surface area (Å²) in [4.78, 5) is 128. The van der Waals surface area contributed by atoms with Crippen molar-refractivity contribution in [3.8, 4) is 0 Å². The summed E-state index contributed by atoms with van der Waals surface area (Å²) in [5, 5.41) is 25.5. The predicted molar refractivity (Wildman–Crippen MR) is 241 cm³/mol. The first-order chi connectivity index (χ1) is 31.2. The van der Waals surface area contributed by atoms with Crippen LogP contribution in [0.2, 0.25) is 0 Å². The highest BCUT2D eigenvalue weighted by atomic mass is 31.2. The molecule has 370 valence electrons. The van der Waals surface area contributed by atoms with Crippen LogP contribution in [0.5, 0.6) is 0 Å². The molecule has 0 aromatic heterocycles. The van der Waals surface area contributed by atoms with Crippen LogP contribution in [0.1, 0.15) is 117 Å². The zero-order valence-corrected chi connectivity index (χ0v) is 39.4. The third kappa shape index (κ3) is 19.1. The van der Waals surface area contributed by atoms with E-state index >= 15 is 0 Å². The molecule has 1 aromatic carbocycles. The lowest BCUT2D eigenvalue weighted by Crippen LogP contribution is -2.62. The first-order valence-electron chi connectivity index (χ1n) is 23.0. The van der Waals surface area contributed by atoms with Gasteiger partial charge in [0, 0.05) is 25.9 Å². The Morgan fingerprint density at radius 2 is 1.55 bits per heavy atom. The summed E-state index contributed by atoms with van der Waals surface area (Å²) in [6.45, 7) is 5.35. The number of rotatable bonds is 20. The molecule has 1 aromatic rings. The maximum atomic E-state index is 14.3. The van der Waals surface area contributed by atoms with E-state index in [1.807, 2.05) is 32.0 Å². The first-order valence-corrected chi connectivity index (χ1v) is 24.5. The minimum Gasteiger partial charge on any atom is -0.394 e. The van der Waals surface area contributed by atoms with E-state index in [1.165, 1.54) is 17.4 Å². The lowest BCUT2D eigenvalue weighted by atomic mass is 9.91. The maximum Gasteiger partial charge on any atom is 0.469 e. The number of nitrogens with two attached hydrogens (primary N) is 1. The smallest absolute Gasteiger partial charge is 0.394 e. The number of unbranched alkanes of at least 4 members (excludes halogenated alkanes) is 5. The number of carbonyl (C=O) groups is 8. The minimum atomic E-state index is -5.26. The fraction of sp³-hybridized carbons (Fsp3) is 0.682. The molecule has 8 atom stereocenters. The van der Waals surface area contributed by atoms with Gasteiger partial charge in [0.05, 0.1) is 12.7 Å². The fourth-order valence-corrected chi connectivity index (χ4v) is 8.76. The molecule has 0 unspecified atom stereocenters. The van der Waals surface area contributed by atoms with E-state index in [9.17, 15) is 57.8 Å². The Hall–Kier alpha value is -4.95. The number of carbonyl (C=O) groups excluding carboxylic acids is 8. The molecule has 0 spiro atoms. The third-order valence-electron chi connectivity index (χ3n) is 11.7. The van der Waals surface area contributed by atoms with E-state index in [4.69, 9.17) is 5.73 Å². The van der Waals surface area contributed by atoms with Crippen molar-refractivity contribution in [3.05, 3.63) is 35.9 Å². The summed E-state index contributed by atoms with van der Waals surface area (Å²) >= 11 is 0. The van der Waals surface area contributed by atoms with E-state index in [0.29, 0.717) is 25.8 Å². The van der Waals surface area contributed by atoms with Gasteiger partial charge in [-0.05, 0) is 76.2 Å². The van der Waals surface area contributed by atoms with Gasteiger partial charge in [0.25, 0.3) is 0 Å². The van der Waals surface area contributed by atoms with Gasteiger partial charge >= 0.3 is 7.82 Å². The number of aliphatic hydroxyl groups is 1. The molecule has 2 saturated heterocycles. The lowest BCUT2D eigenvalue weighted by Gasteiger charge is -2.30. The SMILES string of the molecule is CC(=O)N1CCC[C@H]1C(=O)N[C@@H](CC(C)C)C(=O)N[C@H]1C[C@H](CCCCCCCCc2ccccc2)C(=O)NCCC[C@@H](C(N)=O)NC(=O)[C@H]([C@@H](C)OP(=O)(O)O)NC(=O)[C@H](CO)NC1=O. The highest BCUT2D eigenvalue weighted by molar-refractivity contribution is 7.46. The number of benzene rings is 1. The number of hydrogen-bond acceptors (Lipinski definition) is 11. The third-order valence-corrected chi connectivity index (χ3v) is 12.3. The molecule has 0 saturated carbocycles. The summed E-state index contributed by atoms with van der Waals surface area (Å²) in [6.07, 6.45) is 5.55. The number of aliphatic hydroxyl groups excluding tert-OH is 1. The number of nitrogens with zero attached hydrogens (tertiary/aromatic N) is 1. The average molecular weight is 951 g/mol. The van der Waals surface area contributed by atoms with Gasteiger partial charge in [-0.15, -0.1) is 0 Å². The molecule has 8 amide bonds. The minimum absolute atomic E-state index is 0.00890. The van der Waals surface area contributed by atoms with Crippen LogP contribution in [0.4, 0.5) is 0 Å². The second kappa shape index (κ2) is 27.6. The predicted octanol–water partition coefficient (Wildman–Crippen LogP) is 0.333. The second-order valence-corrected chi connectivity index (χ2v) is 18.8. The van der Waals surface area contributed by atoms with Gasteiger partial charge in [-0.2, -0.15) is 0 Å². The molecule has 2 aliphatic rings. The number of phosphoric acid groups is 1. The monoisotopic (exact) mass is 950 g/mol. The van der Waals surface area contributed by atoms with Crippen LogP contribution < -0.4 is 37.6 Å². The number of hydrogen-bond donors (Lipinski definition) is 10. The Morgan fingerprint density at radius 3 is 2.17 bits per heavy atom. The molecule has 22 heteroatoms. The zero-order valence-electron chi connectivity index (χ0n) is 38.5. The Bertz CT molecular complexity index is 1850. The molecule has 2 fully saturated rings. The van der Waals surface area contributed by atoms with Crippen molar-refractivity contribution in [1.29, 1.82) is 0 Å². The van der Waals surface area contributed by atoms with Crippen molar-refractivity contribution < 1.29 is 62.3 Å². The van der Waals surface area contributed by atoms with Crippen LogP contribution in [0.15, 0.2) is 30.3 Å². The first kappa shape index (κ1) is 55.4. The van der Waals surface area contributed by atoms with Crippen molar-refractivity contribution in [2.45, 2.75) is 160 Å². The Kier molecular flexibility index (Phi) is 23.2. The molecule has 0 radical (unpaired) electrons. The van der Waals surface area contributed by atoms with E-state index < -0.39 is 104 Å². The molecule has 66 heavy (non-hydrogen) atoms. The molecule has 2 heterocycles. The van der Waals surface area contributed by atoms with Crippen LogP contribution in [-0.2, 0) is 53.9 Å². The number of phosphoric ester groups is 1. The quantitative estimate of drug-likeness (QED) is 0.0624. The normalized spacial score (nSPS) is 23.7. The number of amides is 8. The van der Waals surface area contributed by atoms with Gasteiger partial charge in [-0.25, -0.2) is 4.57 Å². The van der Waals surface area contributed by atoms with E-state index in [-0.39, 0.29) is 50.5 Å². The fourth-order valence-electron chi connectivity index (χ4n) is 8.21. The van der Waals surface area contributed by atoms with Crippen molar-refractivity contribution in [2.24, 2.45) is 17.6 Å². The summed E-state index contributed by atoms with van der Waals surface area (Å²) in [5.41, 5.74) is 6.83. The molecular weight excluding hydrogens is 880 g/mol. The number of aryl methyl sites for hydroxylation is 1.